The number of hydrogen-bond donors (Lipinski definition) is 1. The van der Waals surface area contributed by atoms with Gasteiger partial charge in [-0.25, -0.2) is 4.79 Å². The fourth-order valence-corrected chi connectivity index (χ4v) is 3.00. The van der Waals surface area contributed by atoms with Gasteiger partial charge >= 0.3 is 5.63 Å². The Morgan fingerprint density at radius 1 is 1.22 bits per heavy atom. The van der Waals surface area contributed by atoms with Crippen molar-refractivity contribution in [3.05, 3.63) is 63.3 Å². The molecule has 0 unspecified atom stereocenters. The number of anilines is 1. The molecule has 0 saturated carbocycles. The average Bonchev–Trinajstić information content (AvgIpc) is 3.01. The molecule has 1 N–H and O–H groups in total. The van der Waals surface area contributed by atoms with Crippen molar-refractivity contribution < 1.29 is 8.83 Å². The molecular weight excluding hydrogens is 314 g/mol. The van der Waals surface area contributed by atoms with Crippen LogP contribution in [0.1, 0.15) is 19.8 Å². The molecule has 0 saturated heterocycles. The van der Waals surface area contributed by atoms with Crippen LogP contribution in [0.5, 0.6) is 0 Å². The highest BCUT2D eigenvalue weighted by Crippen LogP contribution is 2.29. The minimum atomic E-state index is -0.408. The highest BCUT2D eigenvalue weighted by Gasteiger charge is 2.13. The summed E-state index contributed by atoms with van der Waals surface area (Å²) in [6.45, 7) is 2.01. The van der Waals surface area contributed by atoms with E-state index in [0.29, 0.717) is 16.9 Å². The van der Waals surface area contributed by atoms with Crippen molar-refractivity contribution in [3.63, 3.8) is 0 Å². The molecule has 4 nitrogen and oxygen atoms in total. The van der Waals surface area contributed by atoms with E-state index in [2.05, 4.69) is 5.32 Å². The first-order valence-electron chi connectivity index (χ1n) is 7.39. The van der Waals surface area contributed by atoms with Crippen molar-refractivity contribution in [2.24, 2.45) is 0 Å². The fraction of sp³-hybridized carbons (Fsp3) is 0.167. The second-order valence-corrected chi connectivity index (χ2v) is 6.09. The van der Waals surface area contributed by atoms with E-state index in [1.165, 1.54) is 0 Å². The summed E-state index contributed by atoms with van der Waals surface area (Å²) in [5.74, 6) is 0. The van der Waals surface area contributed by atoms with Gasteiger partial charge in [-0.05, 0) is 50.1 Å². The van der Waals surface area contributed by atoms with E-state index in [4.69, 9.17) is 20.4 Å². The Morgan fingerprint density at radius 3 is 2.91 bits per heavy atom. The molecule has 0 atom stereocenters. The molecule has 0 amide bonds. The van der Waals surface area contributed by atoms with Gasteiger partial charge in [0.2, 0.25) is 0 Å². The monoisotopic (exact) mass is 327 g/mol. The normalized spacial score (nSPS) is 15.3. The SMILES string of the molecule is CC1=C(Cl)C=C(Nc2cc3ccc4occc4c3oc2=O)CC1. The van der Waals surface area contributed by atoms with Crippen molar-refractivity contribution >= 4 is 39.2 Å². The van der Waals surface area contributed by atoms with Crippen molar-refractivity contribution in [1.29, 1.82) is 0 Å². The highest BCUT2D eigenvalue weighted by atomic mass is 35.5. The van der Waals surface area contributed by atoms with Crippen LogP contribution in [0, 0.1) is 0 Å². The summed E-state index contributed by atoms with van der Waals surface area (Å²) in [5.41, 5.74) is 3.31. The summed E-state index contributed by atoms with van der Waals surface area (Å²) in [6, 6.07) is 7.34. The van der Waals surface area contributed by atoms with Gasteiger partial charge in [0.15, 0.2) is 0 Å². The van der Waals surface area contributed by atoms with Gasteiger partial charge in [-0.2, -0.15) is 0 Å². The zero-order valence-corrected chi connectivity index (χ0v) is 13.2. The molecule has 5 heteroatoms. The number of rotatable bonds is 2. The van der Waals surface area contributed by atoms with E-state index < -0.39 is 5.63 Å². The van der Waals surface area contributed by atoms with Crippen LogP contribution < -0.4 is 10.9 Å². The van der Waals surface area contributed by atoms with Crippen molar-refractivity contribution in [1.82, 2.24) is 0 Å². The summed E-state index contributed by atoms with van der Waals surface area (Å²) < 4.78 is 10.8. The Balaban J connectivity index is 1.79. The number of benzene rings is 1. The molecule has 0 radical (unpaired) electrons. The minimum Gasteiger partial charge on any atom is -0.464 e. The number of halogens is 1. The Morgan fingerprint density at radius 2 is 2.09 bits per heavy atom. The Bertz CT molecular complexity index is 1040. The van der Waals surface area contributed by atoms with E-state index in [1.54, 1.807) is 18.4 Å². The second-order valence-electron chi connectivity index (χ2n) is 5.69. The van der Waals surface area contributed by atoms with Gasteiger partial charge in [0.1, 0.15) is 16.9 Å². The van der Waals surface area contributed by atoms with Gasteiger partial charge in [-0.3, -0.25) is 0 Å². The van der Waals surface area contributed by atoms with Crippen molar-refractivity contribution in [2.45, 2.75) is 19.8 Å². The number of hydrogen-bond acceptors (Lipinski definition) is 4. The first-order valence-corrected chi connectivity index (χ1v) is 7.76. The van der Waals surface area contributed by atoms with Crippen LogP contribution in [-0.4, -0.2) is 0 Å². The molecule has 4 rings (SSSR count). The fourth-order valence-electron chi connectivity index (χ4n) is 2.77. The third-order valence-electron chi connectivity index (χ3n) is 4.10. The van der Waals surface area contributed by atoms with Gasteiger partial charge in [-0.15, -0.1) is 0 Å². The van der Waals surface area contributed by atoms with E-state index in [9.17, 15) is 4.79 Å². The molecule has 23 heavy (non-hydrogen) atoms. The molecule has 0 fully saturated rings. The number of furan rings is 1. The third kappa shape index (κ3) is 2.45. The molecular formula is C18H14ClNO3. The van der Waals surface area contributed by atoms with Crippen LogP contribution in [0.15, 0.2) is 66.5 Å². The smallest absolute Gasteiger partial charge is 0.360 e. The zero-order valence-electron chi connectivity index (χ0n) is 12.5. The van der Waals surface area contributed by atoms with Crippen LogP contribution in [0.3, 0.4) is 0 Å². The molecule has 1 aliphatic carbocycles. The quantitative estimate of drug-likeness (QED) is 0.662. The number of nitrogens with one attached hydrogen (secondary N) is 1. The Kier molecular flexibility index (Phi) is 3.27. The van der Waals surface area contributed by atoms with Crippen molar-refractivity contribution in [3.8, 4) is 0 Å². The second kappa shape index (κ2) is 5.32. The van der Waals surface area contributed by atoms with E-state index in [0.717, 1.165) is 39.9 Å². The topological polar surface area (TPSA) is 55.4 Å². The molecule has 3 aromatic rings. The molecule has 2 aromatic heterocycles. The molecule has 0 spiro atoms. The van der Waals surface area contributed by atoms with Gasteiger partial charge < -0.3 is 14.2 Å². The van der Waals surface area contributed by atoms with Gasteiger partial charge in [0.25, 0.3) is 0 Å². The maximum Gasteiger partial charge on any atom is 0.360 e. The summed E-state index contributed by atoms with van der Waals surface area (Å²) in [7, 11) is 0. The lowest BCUT2D eigenvalue weighted by atomic mass is 10.0. The highest BCUT2D eigenvalue weighted by molar-refractivity contribution is 6.31. The number of allylic oxidation sites excluding steroid dienone is 4. The lowest BCUT2D eigenvalue weighted by Gasteiger charge is -2.16. The number of fused-ring (bicyclic) bond motifs is 3. The van der Waals surface area contributed by atoms with Gasteiger partial charge in [0.05, 0.1) is 11.6 Å². The molecule has 2 heterocycles. The standard InChI is InChI=1S/C18H14ClNO3/c1-10-2-4-12(9-14(10)19)20-15-8-11-3-5-16-13(6-7-22-16)17(11)23-18(15)21/h3,5-9,20H,2,4H2,1H3. The average molecular weight is 328 g/mol. The van der Waals surface area contributed by atoms with Crippen LogP contribution in [0.2, 0.25) is 0 Å². The van der Waals surface area contributed by atoms with Gasteiger partial charge in [-0.1, -0.05) is 17.2 Å². The Hall–Kier alpha value is -2.46. The largest absolute Gasteiger partial charge is 0.464 e. The lowest BCUT2D eigenvalue weighted by Crippen LogP contribution is -2.12. The third-order valence-corrected chi connectivity index (χ3v) is 4.54. The van der Waals surface area contributed by atoms with Crippen LogP contribution >= 0.6 is 11.6 Å². The van der Waals surface area contributed by atoms with Crippen LogP contribution in [-0.2, 0) is 0 Å². The molecule has 1 aromatic carbocycles. The maximum atomic E-state index is 12.3. The minimum absolute atomic E-state index is 0.408. The molecule has 0 aliphatic heterocycles. The van der Waals surface area contributed by atoms with Crippen molar-refractivity contribution in [2.75, 3.05) is 5.32 Å². The van der Waals surface area contributed by atoms with Gasteiger partial charge in [0, 0.05) is 16.1 Å². The predicted octanol–water partition coefficient (Wildman–Crippen LogP) is 5.14. The van der Waals surface area contributed by atoms with E-state index in [-0.39, 0.29) is 0 Å². The summed E-state index contributed by atoms with van der Waals surface area (Å²) in [5, 5.41) is 5.51. The van der Waals surface area contributed by atoms with E-state index >= 15 is 0 Å². The summed E-state index contributed by atoms with van der Waals surface area (Å²) in [4.78, 5) is 12.3. The predicted molar refractivity (Wildman–Crippen MR) is 91.7 cm³/mol. The molecule has 1 aliphatic rings. The Labute approximate surface area is 137 Å². The van der Waals surface area contributed by atoms with E-state index in [1.807, 2.05) is 25.1 Å². The summed E-state index contributed by atoms with van der Waals surface area (Å²) >= 11 is 6.17. The summed E-state index contributed by atoms with van der Waals surface area (Å²) in [6.07, 6.45) is 5.15. The van der Waals surface area contributed by atoms with Crippen LogP contribution in [0.4, 0.5) is 5.69 Å². The first-order chi connectivity index (χ1) is 11.1. The lowest BCUT2D eigenvalue weighted by molar-refractivity contribution is 0.566. The first kappa shape index (κ1) is 14.2. The zero-order chi connectivity index (χ0) is 16.0. The molecule has 116 valence electrons. The van der Waals surface area contributed by atoms with Crippen LogP contribution in [0.25, 0.3) is 21.9 Å². The maximum absolute atomic E-state index is 12.3. The molecule has 0 bridgehead atoms.